The largest absolute Gasteiger partial charge is 0.507 e. The molecular weight excluding hydrogens is 245 g/mol. The first-order valence-electron chi connectivity index (χ1n) is 5.85. The van der Waals surface area contributed by atoms with Crippen LogP contribution < -0.4 is 10.6 Å². The second-order valence-corrected chi connectivity index (χ2v) is 4.44. The number of piperidine rings is 1. The van der Waals surface area contributed by atoms with Gasteiger partial charge in [-0.2, -0.15) is 13.2 Å². The summed E-state index contributed by atoms with van der Waals surface area (Å²) in [6.45, 7) is 1.08. The van der Waals surface area contributed by atoms with Gasteiger partial charge in [0.2, 0.25) is 0 Å². The molecule has 0 amide bonds. The van der Waals surface area contributed by atoms with Crippen LogP contribution in [0.2, 0.25) is 0 Å². The molecule has 6 heteroatoms. The molecule has 2 rings (SSSR count). The minimum Gasteiger partial charge on any atom is -0.507 e. The number of alkyl halides is 3. The lowest BCUT2D eigenvalue weighted by molar-refractivity contribution is -0.138. The molecule has 1 heterocycles. The number of hydrogen-bond donors (Lipinski definition) is 2. The first kappa shape index (κ1) is 12.9. The van der Waals surface area contributed by atoms with Gasteiger partial charge in [-0.25, -0.2) is 0 Å². The van der Waals surface area contributed by atoms with Gasteiger partial charge in [-0.1, -0.05) is 0 Å². The topological polar surface area (TPSA) is 49.5 Å². The van der Waals surface area contributed by atoms with Crippen molar-refractivity contribution >= 4 is 11.4 Å². The Bertz CT molecular complexity index is 440. The van der Waals surface area contributed by atoms with E-state index in [4.69, 9.17) is 5.73 Å². The van der Waals surface area contributed by atoms with Gasteiger partial charge in [0.15, 0.2) is 0 Å². The third kappa shape index (κ3) is 2.32. The lowest BCUT2D eigenvalue weighted by Gasteiger charge is -2.32. The first-order chi connectivity index (χ1) is 8.41. The number of rotatable bonds is 1. The highest BCUT2D eigenvalue weighted by Gasteiger charge is 2.39. The number of anilines is 2. The number of nitrogens with two attached hydrogens (primary N) is 1. The Labute approximate surface area is 103 Å². The van der Waals surface area contributed by atoms with E-state index in [0.29, 0.717) is 13.1 Å². The van der Waals surface area contributed by atoms with Crippen molar-refractivity contribution in [1.82, 2.24) is 0 Å². The molecule has 3 N–H and O–H groups in total. The molecular formula is C12H15F3N2O. The molecule has 1 aliphatic rings. The normalized spacial score (nSPS) is 16.9. The van der Waals surface area contributed by atoms with Crippen LogP contribution >= 0.6 is 0 Å². The zero-order valence-corrected chi connectivity index (χ0v) is 9.80. The van der Waals surface area contributed by atoms with Gasteiger partial charge >= 0.3 is 6.18 Å². The molecule has 1 saturated heterocycles. The molecule has 1 aliphatic heterocycles. The summed E-state index contributed by atoms with van der Waals surface area (Å²) in [6.07, 6.45) is -1.92. The molecule has 0 spiro atoms. The third-order valence-electron chi connectivity index (χ3n) is 3.14. The quantitative estimate of drug-likeness (QED) is 0.603. The summed E-state index contributed by atoms with van der Waals surface area (Å²) in [5, 5.41) is 9.48. The van der Waals surface area contributed by atoms with Crippen LogP contribution in [0.25, 0.3) is 0 Å². The molecule has 0 aromatic heterocycles. The number of benzene rings is 1. The maximum atomic E-state index is 13.0. The standard InChI is InChI=1S/C12H15F3N2O/c13-12(14,15)10-9(18)5-4-8(16)11(10)17-6-2-1-3-7-17/h4-5,18H,1-3,6-7,16H2. The van der Waals surface area contributed by atoms with E-state index in [1.54, 1.807) is 4.90 Å². The average Bonchev–Trinajstić information content (AvgIpc) is 2.31. The molecule has 0 saturated carbocycles. The third-order valence-corrected chi connectivity index (χ3v) is 3.14. The van der Waals surface area contributed by atoms with Crippen LogP contribution in [0.5, 0.6) is 5.75 Å². The number of halogens is 3. The van der Waals surface area contributed by atoms with E-state index in [0.717, 1.165) is 25.3 Å². The number of nitrogen functional groups attached to an aromatic ring is 1. The summed E-state index contributed by atoms with van der Waals surface area (Å²) in [6, 6.07) is 2.31. The van der Waals surface area contributed by atoms with Crippen LogP contribution in [0.4, 0.5) is 24.5 Å². The highest BCUT2D eigenvalue weighted by atomic mass is 19.4. The minimum atomic E-state index is -4.60. The predicted molar refractivity (Wildman–Crippen MR) is 63.6 cm³/mol. The number of phenols is 1. The van der Waals surface area contributed by atoms with Crippen LogP contribution in [0.3, 0.4) is 0 Å². The Morgan fingerprint density at radius 2 is 1.72 bits per heavy atom. The Balaban J connectivity index is 2.53. The van der Waals surface area contributed by atoms with E-state index in [1.165, 1.54) is 6.07 Å². The van der Waals surface area contributed by atoms with Crippen LogP contribution in [0.15, 0.2) is 12.1 Å². The summed E-state index contributed by atoms with van der Waals surface area (Å²) in [5.41, 5.74) is 4.62. The molecule has 1 aromatic rings. The Kier molecular flexibility index (Phi) is 3.28. The fourth-order valence-corrected chi connectivity index (χ4v) is 2.33. The van der Waals surface area contributed by atoms with Gasteiger partial charge in [0.25, 0.3) is 0 Å². The van der Waals surface area contributed by atoms with E-state index < -0.39 is 17.5 Å². The first-order valence-corrected chi connectivity index (χ1v) is 5.85. The maximum absolute atomic E-state index is 13.0. The highest BCUT2D eigenvalue weighted by molar-refractivity contribution is 5.75. The van der Waals surface area contributed by atoms with Crippen molar-refractivity contribution in [3.05, 3.63) is 17.7 Å². The number of hydrogen-bond acceptors (Lipinski definition) is 3. The van der Waals surface area contributed by atoms with Gasteiger partial charge in [-0.05, 0) is 31.4 Å². The van der Waals surface area contributed by atoms with Gasteiger partial charge in [-0.3, -0.25) is 0 Å². The number of phenolic OH excluding ortho intramolecular Hbond substituents is 1. The molecule has 0 bridgehead atoms. The summed E-state index contributed by atoms with van der Waals surface area (Å²) in [5.74, 6) is -0.766. The summed E-state index contributed by atoms with van der Waals surface area (Å²) in [4.78, 5) is 1.61. The van der Waals surface area contributed by atoms with Crippen molar-refractivity contribution in [3.63, 3.8) is 0 Å². The second-order valence-electron chi connectivity index (χ2n) is 4.44. The van der Waals surface area contributed by atoms with E-state index in [-0.39, 0.29) is 11.4 Å². The van der Waals surface area contributed by atoms with Crippen molar-refractivity contribution in [2.75, 3.05) is 23.7 Å². The van der Waals surface area contributed by atoms with Crippen molar-refractivity contribution in [1.29, 1.82) is 0 Å². The van der Waals surface area contributed by atoms with E-state index in [2.05, 4.69) is 0 Å². The zero-order valence-electron chi connectivity index (χ0n) is 9.80. The molecule has 0 unspecified atom stereocenters. The van der Waals surface area contributed by atoms with Gasteiger partial charge in [0, 0.05) is 13.1 Å². The zero-order chi connectivity index (χ0) is 13.3. The van der Waals surface area contributed by atoms with Crippen LogP contribution in [0, 0.1) is 0 Å². The average molecular weight is 260 g/mol. The summed E-state index contributed by atoms with van der Waals surface area (Å²) >= 11 is 0. The molecule has 3 nitrogen and oxygen atoms in total. The van der Waals surface area contributed by atoms with Crippen molar-refractivity contribution in [3.8, 4) is 5.75 Å². The predicted octanol–water partition coefficient (Wildman–Crippen LogP) is 2.98. The van der Waals surface area contributed by atoms with E-state index in [1.807, 2.05) is 0 Å². The Morgan fingerprint density at radius 1 is 1.11 bits per heavy atom. The summed E-state index contributed by atoms with van der Waals surface area (Å²) in [7, 11) is 0. The van der Waals surface area contributed by atoms with E-state index in [9.17, 15) is 18.3 Å². The highest BCUT2D eigenvalue weighted by Crippen LogP contribution is 2.45. The molecule has 100 valence electrons. The van der Waals surface area contributed by atoms with Crippen molar-refractivity contribution < 1.29 is 18.3 Å². The second kappa shape index (κ2) is 4.59. The van der Waals surface area contributed by atoms with E-state index >= 15 is 0 Å². The van der Waals surface area contributed by atoms with Gasteiger partial charge in [0.1, 0.15) is 11.3 Å². The Hall–Kier alpha value is -1.59. The van der Waals surface area contributed by atoms with Crippen LogP contribution in [0.1, 0.15) is 24.8 Å². The molecule has 0 radical (unpaired) electrons. The number of aromatic hydroxyl groups is 1. The van der Waals surface area contributed by atoms with Crippen LogP contribution in [-0.2, 0) is 6.18 Å². The fraction of sp³-hybridized carbons (Fsp3) is 0.500. The molecule has 0 atom stereocenters. The molecule has 1 fully saturated rings. The van der Waals surface area contributed by atoms with Gasteiger partial charge in [-0.15, -0.1) is 0 Å². The maximum Gasteiger partial charge on any atom is 0.422 e. The molecule has 0 aliphatic carbocycles. The lowest BCUT2D eigenvalue weighted by Crippen LogP contribution is -2.32. The van der Waals surface area contributed by atoms with Gasteiger partial charge < -0.3 is 15.7 Å². The molecule has 18 heavy (non-hydrogen) atoms. The summed E-state index contributed by atoms with van der Waals surface area (Å²) < 4.78 is 39.0. The lowest BCUT2D eigenvalue weighted by atomic mass is 10.0. The SMILES string of the molecule is Nc1ccc(O)c(C(F)(F)F)c1N1CCCCC1. The smallest absolute Gasteiger partial charge is 0.422 e. The van der Waals surface area contributed by atoms with Gasteiger partial charge in [0.05, 0.1) is 11.4 Å². The Morgan fingerprint density at radius 3 is 2.28 bits per heavy atom. The van der Waals surface area contributed by atoms with Crippen LogP contribution in [-0.4, -0.2) is 18.2 Å². The molecule has 1 aromatic carbocycles. The fourth-order valence-electron chi connectivity index (χ4n) is 2.33. The number of nitrogens with zero attached hydrogens (tertiary/aromatic N) is 1. The minimum absolute atomic E-state index is 0.0574. The monoisotopic (exact) mass is 260 g/mol. The van der Waals surface area contributed by atoms with Crippen molar-refractivity contribution in [2.24, 2.45) is 0 Å². The van der Waals surface area contributed by atoms with Crippen molar-refractivity contribution in [2.45, 2.75) is 25.4 Å².